The Labute approximate surface area is 117 Å². The average molecular weight is 277 g/mol. The topological polar surface area (TPSA) is 75.6 Å². The second kappa shape index (κ2) is 6.52. The third-order valence-electron chi connectivity index (χ3n) is 3.62. The van der Waals surface area contributed by atoms with Gasteiger partial charge in [0.25, 0.3) is 0 Å². The minimum Gasteiger partial charge on any atom is -0.480 e. The van der Waals surface area contributed by atoms with Gasteiger partial charge in [-0.2, -0.15) is 0 Å². The van der Waals surface area contributed by atoms with Gasteiger partial charge in [0.1, 0.15) is 13.2 Å². The Morgan fingerprint density at radius 3 is 2.40 bits per heavy atom. The monoisotopic (exact) mass is 277 g/mol. The van der Waals surface area contributed by atoms with Crippen LogP contribution in [0.25, 0.3) is 0 Å². The molecule has 5 heteroatoms. The van der Waals surface area contributed by atoms with Crippen molar-refractivity contribution in [2.45, 2.75) is 31.2 Å². The van der Waals surface area contributed by atoms with Gasteiger partial charge in [-0.25, -0.2) is 4.79 Å². The van der Waals surface area contributed by atoms with Crippen LogP contribution < -0.4 is 5.32 Å². The van der Waals surface area contributed by atoms with E-state index in [-0.39, 0.29) is 18.1 Å². The number of amides is 1. The van der Waals surface area contributed by atoms with E-state index in [1.807, 2.05) is 30.3 Å². The number of carboxylic acid groups (broad SMARTS) is 1. The zero-order valence-electron chi connectivity index (χ0n) is 11.3. The molecule has 0 aromatic heterocycles. The minimum absolute atomic E-state index is 0.221. The molecule has 0 aliphatic heterocycles. The summed E-state index contributed by atoms with van der Waals surface area (Å²) in [6, 6.07) is 9.91. The number of rotatable bonds is 6. The number of aliphatic carboxylic acids is 1. The smallest absolute Gasteiger partial charge is 0.329 e. The summed E-state index contributed by atoms with van der Waals surface area (Å²) in [5.74, 6) is -1.34. The fourth-order valence-corrected chi connectivity index (χ4v) is 2.76. The van der Waals surface area contributed by atoms with Gasteiger partial charge in [-0.15, -0.1) is 0 Å². The SMILES string of the molecule is O=C(O)COCC(=O)NC1(c2ccccc2)CCCC1. The van der Waals surface area contributed by atoms with Crippen molar-refractivity contribution in [2.75, 3.05) is 13.2 Å². The molecule has 1 aliphatic carbocycles. The Hall–Kier alpha value is -1.88. The molecular formula is C15H19NO4. The second-order valence-corrected chi connectivity index (χ2v) is 5.09. The Balaban J connectivity index is 1.99. The fraction of sp³-hybridized carbons (Fsp3) is 0.467. The molecule has 0 unspecified atom stereocenters. The second-order valence-electron chi connectivity index (χ2n) is 5.09. The van der Waals surface area contributed by atoms with Gasteiger partial charge >= 0.3 is 5.97 Å². The van der Waals surface area contributed by atoms with Gasteiger partial charge in [0.05, 0.1) is 5.54 Å². The molecule has 1 amide bonds. The van der Waals surface area contributed by atoms with Gasteiger partial charge in [-0.3, -0.25) is 4.79 Å². The molecule has 1 saturated carbocycles. The maximum absolute atomic E-state index is 11.9. The van der Waals surface area contributed by atoms with Crippen molar-refractivity contribution >= 4 is 11.9 Å². The molecule has 0 atom stereocenters. The standard InChI is InChI=1S/C15H19NO4/c17-13(10-20-11-14(18)19)16-15(8-4-5-9-15)12-6-2-1-3-7-12/h1-3,6-7H,4-5,8-11H2,(H,16,17)(H,18,19). The number of hydrogen-bond acceptors (Lipinski definition) is 3. The number of hydrogen-bond donors (Lipinski definition) is 2. The summed E-state index contributed by atoms with van der Waals surface area (Å²) in [4.78, 5) is 22.3. The lowest BCUT2D eigenvalue weighted by molar-refractivity contribution is -0.143. The molecule has 0 saturated heterocycles. The highest BCUT2D eigenvalue weighted by molar-refractivity contribution is 5.78. The van der Waals surface area contributed by atoms with Crippen LogP contribution in [-0.2, 0) is 19.9 Å². The van der Waals surface area contributed by atoms with Crippen LogP contribution in [0, 0.1) is 0 Å². The number of carbonyl (C=O) groups excluding carboxylic acids is 1. The largest absolute Gasteiger partial charge is 0.480 e. The molecule has 0 spiro atoms. The van der Waals surface area contributed by atoms with Crippen molar-refractivity contribution in [2.24, 2.45) is 0 Å². The first kappa shape index (κ1) is 14.5. The van der Waals surface area contributed by atoms with E-state index in [4.69, 9.17) is 9.84 Å². The Morgan fingerprint density at radius 1 is 1.15 bits per heavy atom. The summed E-state index contributed by atoms with van der Waals surface area (Å²) < 4.78 is 4.84. The van der Waals surface area contributed by atoms with E-state index in [1.54, 1.807) is 0 Å². The van der Waals surface area contributed by atoms with Crippen molar-refractivity contribution < 1.29 is 19.4 Å². The van der Waals surface area contributed by atoms with E-state index in [1.165, 1.54) is 0 Å². The van der Waals surface area contributed by atoms with E-state index >= 15 is 0 Å². The predicted molar refractivity (Wildman–Crippen MR) is 73.2 cm³/mol. The van der Waals surface area contributed by atoms with Gasteiger partial charge in [-0.1, -0.05) is 43.2 Å². The fourth-order valence-electron chi connectivity index (χ4n) is 2.76. The minimum atomic E-state index is -1.07. The van der Waals surface area contributed by atoms with E-state index in [9.17, 15) is 9.59 Å². The predicted octanol–water partition coefficient (Wildman–Crippen LogP) is 1.67. The Bertz CT molecular complexity index is 466. The van der Waals surface area contributed by atoms with Crippen molar-refractivity contribution in [3.63, 3.8) is 0 Å². The van der Waals surface area contributed by atoms with Crippen LogP contribution in [0.4, 0.5) is 0 Å². The third-order valence-corrected chi connectivity index (χ3v) is 3.62. The number of nitrogens with one attached hydrogen (secondary N) is 1. The Morgan fingerprint density at radius 2 is 1.80 bits per heavy atom. The highest BCUT2D eigenvalue weighted by Crippen LogP contribution is 2.38. The summed E-state index contributed by atoms with van der Waals surface area (Å²) >= 11 is 0. The summed E-state index contributed by atoms with van der Waals surface area (Å²) in [5, 5.41) is 11.5. The van der Waals surface area contributed by atoms with E-state index in [0.29, 0.717) is 0 Å². The molecule has 1 aromatic carbocycles. The molecule has 2 N–H and O–H groups in total. The molecular weight excluding hydrogens is 258 g/mol. The molecule has 1 fully saturated rings. The molecule has 1 aromatic rings. The zero-order valence-corrected chi connectivity index (χ0v) is 11.3. The highest BCUT2D eigenvalue weighted by Gasteiger charge is 2.36. The van der Waals surface area contributed by atoms with Crippen LogP contribution in [0.1, 0.15) is 31.2 Å². The summed E-state index contributed by atoms with van der Waals surface area (Å²) in [6.45, 7) is -0.674. The number of benzene rings is 1. The molecule has 20 heavy (non-hydrogen) atoms. The highest BCUT2D eigenvalue weighted by atomic mass is 16.5. The van der Waals surface area contributed by atoms with Crippen LogP contribution in [0.15, 0.2) is 30.3 Å². The first-order chi connectivity index (χ1) is 9.62. The van der Waals surface area contributed by atoms with Gasteiger partial charge < -0.3 is 15.2 Å². The summed E-state index contributed by atoms with van der Waals surface area (Å²) in [6.07, 6.45) is 3.96. The van der Waals surface area contributed by atoms with E-state index in [0.717, 1.165) is 31.2 Å². The molecule has 2 rings (SSSR count). The van der Waals surface area contributed by atoms with Crippen LogP contribution in [-0.4, -0.2) is 30.2 Å². The lowest BCUT2D eigenvalue weighted by Gasteiger charge is -2.31. The van der Waals surface area contributed by atoms with Crippen molar-refractivity contribution in [1.29, 1.82) is 0 Å². The zero-order chi connectivity index (χ0) is 14.4. The molecule has 0 bridgehead atoms. The molecule has 0 heterocycles. The quantitative estimate of drug-likeness (QED) is 0.829. The first-order valence-electron chi connectivity index (χ1n) is 6.78. The third kappa shape index (κ3) is 3.57. The van der Waals surface area contributed by atoms with Crippen molar-refractivity contribution in [3.8, 4) is 0 Å². The lowest BCUT2D eigenvalue weighted by atomic mass is 9.88. The van der Waals surface area contributed by atoms with Crippen molar-refractivity contribution in [1.82, 2.24) is 5.32 Å². The van der Waals surface area contributed by atoms with E-state index < -0.39 is 12.6 Å². The van der Waals surface area contributed by atoms with Gasteiger partial charge in [-0.05, 0) is 18.4 Å². The van der Waals surface area contributed by atoms with E-state index in [2.05, 4.69) is 5.32 Å². The Kier molecular flexibility index (Phi) is 4.74. The van der Waals surface area contributed by atoms with Crippen LogP contribution >= 0.6 is 0 Å². The van der Waals surface area contributed by atoms with Crippen LogP contribution in [0.5, 0.6) is 0 Å². The maximum atomic E-state index is 11.9. The summed E-state index contributed by atoms with van der Waals surface area (Å²) in [5.41, 5.74) is 0.773. The van der Waals surface area contributed by atoms with Gasteiger partial charge in [0, 0.05) is 0 Å². The maximum Gasteiger partial charge on any atom is 0.329 e. The van der Waals surface area contributed by atoms with Gasteiger partial charge in [0.2, 0.25) is 5.91 Å². The average Bonchev–Trinajstić information content (AvgIpc) is 2.89. The first-order valence-corrected chi connectivity index (χ1v) is 6.78. The number of carbonyl (C=O) groups is 2. The van der Waals surface area contributed by atoms with Crippen LogP contribution in [0.2, 0.25) is 0 Å². The lowest BCUT2D eigenvalue weighted by Crippen LogP contribution is -2.45. The van der Waals surface area contributed by atoms with Crippen LogP contribution in [0.3, 0.4) is 0 Å². The molecule has 0 radical (unpaired) electrons. The number of carboxylic acids is 1. The normalized spacial score (nSPS) is 16.8. The van der Waals surface area contributed by atoms with Crippen molar-refractivity contribution in [3.05, 3.63) is 35.9 Å². The summed E-state index contributed by atoms with van der Waals surface area (Å²) in [7, 11) is 0. The van der Waals surface area contributed by atoms with Gasteiger partial charge in [0.15, 0.2) is 0 Å². The molecule has 1 aliphatic rings. The molecule has 108 valence electrons. The number of ether oxygens (including phenoxy) is 1. The molecule has 5 nitrogen and oxygen atoms in total.